The first-order valence-corrected chi connectivity index (χ1v) is 3.52. The van der Waals surface area contributed by atoms with Crippen molar-refractivity contribution in [1.29, 1.82) is 0 Å². The van der Waals surface area contributed by atoms with Crippen molar-refractivity contribution in [2.75, 3.05) is 0 Å². The van der Waals surface area contributed by atoms with Gasteiger partial charge in [0.1, 0.15) is 5.75 Å². The molecule has 1 aromatic rings. The summed E-state index contributed by atoms with van der Waals surface area (Å²) in [5.41, 5.74) is 5.89. The van der Waals surface area contributed by atoms with E-state index in [0.29, 0.717) is 5.56 Å². The molecule has 0 bridgehead atoms. The van der Waals surface area contributed by atoms with Crippen molar-refractivity contribution in [3.63, 3.8) is 0 Å². The molecule has 0 amide bonds. The van der Waals surface area contributed by atoms with E-state index in [9.17, 15) is 5.11 Å². The summed E-state index contributed by atoms with van der Waals surface area (Å²) in [4.78, 5) is 0. The maximum atomic E-state index is 9.24. The zero-order valence-electron chi connectivity index (χ0n) is 6.65. The Morgan fingerprint density at radius 3 is 2.08 bits per heavy atom. The molecular weight excluding hydrogens is 158 g/mol. The summed E-state index contributed by atoms with van der Waals surface area (Å²) in [5.74, 6) is -0.739. The third-order valence-corrected chi connectivity index (χ3v) is 1.61. The molecule has 0 saturated heterocycles. The van der Waals surface area contributed by atoms with Gasteiger partial charge >= 0.3 is 0 Å². The van der Waals surface area contributed by atoms with Gasteiger partial charge in [-0.15, -0.1) is 0 Å². The minimum Gasteiger partial charge on any atom is -0.507 e. The summed E-state index contributed by atoms with van der Waals surface area (Å²) in [7, 11) is 0. The summed E-state index contributed by atoms with van der Waals surface area (Å²) < 4.78 is 0. The molecule has 4 nitrogen and oxygen atoms in total. The van der Waals surface area contributed by atoms with Gasteiger partial charge in [-0.1, -0.05) is 0 Å². The molecule has 1 atom stereocenters. The van der Waals surface area contributed by atoms with Gasteiger partial charge in [-0.05, 0) is 13.0 Å². The van der Waals surface area contributed by atoms with Crippen molar-refractivity contribution in [3.05, 3.63) is 17.7 Å². The fourth-order valence-electron chi connectivity index (χ4n) is 0.947. The summed E-state index contributed by atoms with van der Waals surface area (Å²) in [6.45, 7) is 1.67. The largest absolute Gasteiger partial charge is 0.507 e. The van der Waals surface area contributed by atoms with Crippen LogP contribution < -0.4 is 5.73 Å². The van der Waals surface area contributed by atoms with E-state index in [1.54, 1.807) is 6.92 Å². The molecule has 0 unspecified atom stereocenters. The fourth-order valence-corrected chi connectivity index (χ4v) is 0.947. The van der Waals surface area contributed by atoms with Crippen LogP contribution in [0, 0.1) is 0 Å². The first-order chi connectivity index (χ1) is 5.52. The van der Waals surface area contributed by atoms with Crippen LogP contribution >= 0.6 is 0 Å². The van der Waals surface area contributed by atoms with Crippen LogP contribution in [0.1, 0.15) is 18.5 Å². The van der Waals surface area contributed by atoms with E-state index in [2.05, 4.69) is 0 Å². The predicted molar refractivity (Wildman–Crippen MR) is 44.0 cm³/mol. The quantitative estimate of drug-likeness (QED) is 0.370. The highest BCUT2D eigenvalue weighted by atomic mass is 16.3. The highest BCUT2D eigenvalue weighted by Gasteiger charge is 2.10. The van der Waals surface area contributed by atoms with Gasteiger partial charge in [0.25, 0.3) is 0 Å². The van der Waals surface area contributed by atoms with Crippen LogP contribution in [0.5, 0.6) is 17.2 Å². The Morgan fingerprint density at radius 2 is 1.58 bits per heavy atom. The first-order valence-electron chi connectivity index (χ1n) is 3.52. The second-order valence-corrected chi connectivity index (χ2v) is 2.69. The molecule has 0 heterocycles. The van der Waals surface area contributed by atoms with Gasteiger partial charge in [0, 0.05) is 17.7 Å². The lowest BCUT2D eigenvalue weighted by Gasteiger charge is -2.09. The standard InChI is InChI=1S/C8H11NO3/c1-4(9)5-2-7(11)8(12)3-6(5)10/h2-4,10-12H,9H2,1H3/t4-/m1/s1. The van der Waals surface area contributed by atoms with E-state index in [4.69, 9.17) is 15.9 Å². The van der Waals surface area contributed by atoms with Crippen LogP contribution in [0.15, 0.2) is 12.1 Å². The van der Waals surface area contributed by atoms with Crippen molar-refractivity contribution < 1.29 is 15.3 Å². The Labute approximate surface area is 69.9 Å². The predicted octanol–water partition coefficient (Wildman–Crippen LogP) is 0.823. The zero-order chi connectivity index (χ0) is 9.30. The van der Waals surface area contributed by atoms with Gasteiger partial charge in [-0.3, -0.25) is 0 Å². The van der Waals surface area contributed by atoms with Crippen molar-refractivity contribution in [3.8, 4) is 17.2 Å². The molecule has 1 rings (SSSR count). The minimum absolute atomic E-state index is 0.111. The molecule has 0 radical (unpaired) electrons. The molecule has 0 aliphatic carbocycles. The number of rotatable bonds is 1. The maximum Gasteiger partial charge on any atom is 0.161 e. The lowest BCUT2D eigenvalue weighted by Crippen LogP contribution is -2.04. The normalized spacial score (nSPS) is 12.8. The summed E-state index contributed by atoms with van der Waals surface area (Å²) in [6, 6.07) is 1.93. The third kappa shape index (κ3) is 1.43. The van der Waals surface area contributed by atoms with E-state index in [1.165, 1.54) is 6.07 Å². The number of benzene rings is 1. The van der Waals surface area contributed by atoms with Crippen LogP contribution in [0.4, 0.5) is 0 Å². The second-order valence-electron chi connectivity index (χ2n) is 2.69. The fraction of sp³-hybridized carbons (Fsp3) is 0.250. The third-order valence-electron chi connectivity index (χ3n) is 1.61. The van der Waals surface area contributed by atoms with E-state index >= 15 is 0 Å². The molecule has 0 spiro atoms. The van der Waals surface area contributed by atoms with Crippen LogP contribution in [0.2, 0.25) is 0 Å². The van der Waals surface area contributed by atoms with E-state index in [0.717, 1.165) is 6.07 Å². The van der Waals surface area contributed by atoms with Gasteiger partial charge in [0.05, 0.1) is 0 Å². The van der Waals surface area contributed by atoms with Gasteiger partial charge in [-0.2, -0.15) is 0 Å². The second kappa shape index (κ2) is 2.91. The summed E-state index contributed by atoms with van der Waals surface area (Å²) >= 11 is 0. The molecule has 0 aliphatic rings. The smallest absolute Gasteiger partial charge is 0.161 e. The van der Waals surface area contributed by atoms with Gasteiger partial charge in [0.2, 0.25) is 0 Å². The van der Waals surface area contributed by atoms with Crippen LogP contribution in [-0.4, -0.2) is 15.3 Å². The average Bonchev–Trinajstić information content (AvgIpc) is 1.96. The Bertz CT molecular complexity index is 297. The van der Waals surface area contributed by atoms with E-state index in [-0.39, 0.29) is 23.3 Å². The molecular formula is C8H11NO3. The minimum atomic E-state index is -0.378. The highest BCUT2D eigenvalue weighted by molar-refractivity contribution is 5.49. The Morgan fingerprint density at radius 1 is 1.08 bits per heavy atom. The van der Waals surface area contributed by atoms with Crippen LogP contribution in [0.3, 0.4) is 0 Å². The molecule has 12 heavy (non-hydrogen) atoms. The van der Waals surface area contributed by atoms with Gasteiger partial charge in [-0.25, -0.2) is 0 Å². The molecule has 4 heteroatoms. The maximum absolute atomic E-state index is 9.24. The van der Waals surface area contributed by atoms with Crippen molar-refractivity contribution in [2.24, 2.45) is 5.73 Å². The van der Waals surface area contributed by atoms with Gasteiger partial charge < -0.3 is 21.1 Å². The Kier molecular flexibility index (Phi) is 2.10. The molecule has 1 aromatic carbocycles. The van der Waals surface area contributed by atoms with Crippen molar-refractivity contribution in [2.45, 2.75) is 13.0 Å². The summed E-state index contributed by atoms with van der Waals surface area (Å²) in [6.07, 6.45) is 0. The Balaban J connectivity index is 3.23. The van der Waals surface area contributed by atoms with Crippen molar-refractivity contribution >= 4 is 0 Å². The van der Waals surface area contributed by atoms with Crippen LogP contribution in [0.25, 0.3) is 0 Å². The zero-order valence-corrected chi connectivity index (χ0v) is 6.65. The van der Waals surface area contributed by atoms with Gasteiger partial charge in [0.15, 0.2) is 11.5 Å². The first kappa shape index (κ1) is 8.67. The molecule has 0 fully saturated rings. The summed E-state index contributed by atoms with van der Waals surface area (Å²) in [5, 5.41) is 27.2. The molecule has 0 aromatic heterocycles. The SMILES string of the molecule is C[C@@H](N)c1cc(O)c(O)cc1O. The average molecular weight is 169 g/mol. The Hall–Kier alpha value is -1.42. The van der Waals surface area contributed by atoms with E-state index < -0.39 is 0 Å². The molecule has 0 saturated carbocycles. The number of phenols is 3. The number of phenolic OH excluding ortho intramolecular Hbond substituents is 3. The molecule has 0 aliphatic heterocycles. The number of hydrogen-bond acceptors (Lipinski definition) is 4. The lowest BCUT2D eigenvalue weighted by molar-refractivity contribution is 0.393. The molecule has 66 valence electrons. The highest BCUT2D eigenvalue weighted by Crippen LogP contribution is 2.34. The van der Waals surface area contributed by atoms with E-state index in [1.807, 2.05) is 0 Å². The number of nitrogens with two attached hydrogens (primary N) is 1. The number of aromatic hydroxyl groups is 3. The molecule has 5 N–H and O–H groups in total. The topological polar surface area (TPSA) is 86.7 Å². The number of hydrogen-bond donors (Lipinski definition) is 4. The monoisotopic (exact) mass is 169 g/mol. The van der Waals surface area contributed by atoms with Crippen molar-refractivity contribution in [1.82, 2.24) is 0 Å². The van der Waals surface area contributed by atoms with Crippen LogP contribution in [-0.2, 0) is 0 Å². The lowest BCUT2D eigenvalue weighted by atomic mass is 10.1.